The van der Waals surface area contributed by atoms with E-state index in [0.29, 0.717) is 5.69 Å². The summed E-state index contributed by atoms with van der Waals surface area (Å²) < 4.78 is 1.78. The van der Waals surface area contributed by atoms with Crippen LogP contribution in [0.25, 0.3) is 0 Å². The molecule has 0 unspecified atom stereocenters. The summed E-state index contributed by atoms with van der Waals surface area (Å²) in [6.07, 6.45) is 0. The van der Waals surface area contributed by atoms with Gasteiger partial charge in [-0.05, 0) is 26.8 Å². The summed E-state index contributed by atoms with van der Waals surface area (Å²) in [5.74, 6) is 4.63. The highest BCUT2D eigenvalue weighted by Gasteiger charge is 2.11. The molecule has 0 saturated carbocycles. The molecule has 13 heavy (non-hydrogen) atoms. The number of aryl methyl sites for hydroxylation is 1. The second-order valence-electron chi connectivity index (χ2n) is 3.18. The molecule has 0 aromatic carbocycles. The van der Waals surface area contributed by atoms with Crippen LogP contribution >= 0.6 is 0 Å². The molecule has 5 nitrogen and oxygen atoms in total. The minimum absolute atomic E-state index is 0.249. The van der Waals surface area contributed by atoms with Crippen molar-refractivity contribution in [3.8, 4) is 0 Å². The van der Waals surface area contributed by atoms with Crippen LogP contribution < -0.4 is 11.3 Å². The number of amides is 1. The maximum absolute atomic E-state index is 11.1. The zero-order valence-electron chi connectivity index (χ0n) is 8.03. The van der Waals surface area contributed by atoms with Gasteiger partial charge in [-0.3, -0.25) is 14.9 Å². The van der Waals surface area contributed by atoms with Crippen LogP contribution in [0.5, 0.6) is 0 Å². The third-order valence-electron chi connectivity index (χ3n) is 1.78. The van der Waals surface area contributed by atoms with Crippen molar-refractivity contribution in [3.05, 3.63) is 17.5 Å². The second-order valence-corrected chi connectivity index (χ2v) is 3.18. The summed E-state index contributed by atoms with van der Waals surface area (Å²) in [6.45, 7) is 5.91. The summed E-state index contributed by atoms with van der Waals surface area (Å²) in [5, 5.41) is 4.10. The van der Waals surface area contributed by atoms with Gasteiger partial charge in [0.15, 0.2) is 5.69 Å². The van der Waals surface area contributed by atoms with Gasteiger partial charge in [0.05, 0.1) is 0 Å². The highest BCUT2D eigenvalue weighted by atomic mass is 16.2. The molecule has 0 radical (unpaired) electrons. The Balaban J connectivity index is 3.02. The largest absolute Gasteiger partial charge is 0.289 e. The number of hydrazine groups is 1. The van der Waals surface area contributed by atoms with E-state index in [4.69, 9.17) is 5.84 Å². The van der Waals surface area contributed by atoms with Gasteiger partial charge in [0.25, 0.3) is 5.91 Å². The first-order valence-electron chi connectivity index (χ1n) is 4.13. The average Bonchev–Trinajstić information content (AvgIpc) is 2.46. The third-order valence-corrected chi connectivity index (χ3v) is 1.78. The molecule has 0 aliphatic rings. The van der Waals surface area contributed by atoms with Gasteiger partial charge in [-0.2, -0.15) is 5.10 Å². The Hall–Kier alpha value is -1.36. The summed E-state index contributed by atoms with van der Waals surface area (Å²) in [7, 11) is 0. The van der Waals surface area contributed by atoms with Gasteiger partial charge in [-0.15, -0.1) is 0 Å². The minimum Gasteiger partial charge on any atom is -0.289 e. The Morgan fingerprint density at radius 2 is 2.31 bits per heavy atom. The first-order valence-corrected chi connectivity index (χ1v) is 4.13. The van der Waals surface area contributed by atoms with Gasteiger partial charge in [-0.25, -0.2) is 5.84 Å². The molecule has 0 aliphatic carbocycles. The van der Waals surface area contributed by atoms with Gasteiger partial charge in [-0.1, -0.05) is 0 Å². The molecule has 0 spiro atoms. The average molecular weight is 182 g/mol. The fourth-order valence-corrected chi connectivity index (χ4v) is 1.20. The van der Waals surface area contributed by atoms with Gasteiger partial charge >= 0.3 is 0 Å². The summed E-state index contributed by atoms with van der Waals surface area (Å²) in [5.41, 5.74) is 3.35. The summed E-state index contributed by atoms with van der Waals surface area (Å²) in [4.78, 5) is 11.1. The van der Waals surface area contributed by atoms with E-state index in [1.165, 1.54) is 0 Å². The van der Waals surface area contributed by atoms with Gasteiger partial charge in [0.1, 0.15) is 0 Å². The van der Waals surface area contributed by atoms with Gasteiger partial charge < -0.3 is 0 Å². The molecule has 0 fully saturated rings. The van der Waals surface area contributed by atoms with E-state index >= 15 is 0 Å². The van der Waals surface area contributed by atoms with E-state index in [2.05, 4.69) is 5.10 Å². The molecule has 0 aliphatic heterocycles. The van der Waals surface area contributed by atoms with Crippen molar-refractivity contribution in [2.45, 2.75) is 26.8 Å². The molecule has 0 bridgehead atoms. The lowest BCUT2D eigenvalue weighted by Crippen LogP contribution is -2.30. The molecular formula is C8H14N4O. The van der Waals surface area contributed by atoms with E-state index in [1.54, 1.807) is 10.7 Å². The van der Waals surface area contributed by atoms with Crippen molar-refractivity contribution >= 4 is 5.91 Å². The summed E-state index contributed by atoms with van der Waals surface area (Å²) in [6, 6.07) is 1.96. The van der Waals surface area contributed by atoms with E-state index in [9.17, 15) is 4.79 Å². The number of nitrogen functional groups attached to an aromatic ring is 1. The highest BCUT2D eigenvalue weighted by Crippen LogP contribution is 2.09. The van der Waals surface area contributed by atoms with Gasteiger partial charge in [0, 0.05) is 11.7 Å². The monoisotopic (exact) mass is 182 g/mol. The topological polar surface area (TPSA) is 72.9 Å². The molecule has 0 atom stereocenters. The number of hydrogen-bond donors (Lipinski definition) is 2. The third kappa shape index (κ3) is 1.86. The molecule has 0 saturated heterocycles. The summed E-state index contributed by atoms with van der Waals surface area (Å²) >= 11 is 0. The number of aromatic nitrogens is 2. The number of nitrogens with one attached hydrogen (secondary N) is 1. The molecule has 1 aromatic heterocycles. The zero-order valence-corrected chi connectivity index (χ0v) is 8.03. The van der Waals surface area contributed by atoms with Crippen molar-refractivity contribution in [1.29, 1.82) is 0 Å². The van der Waals surface area contributed by atoms with Crippen LogP contribution in [-0.4, -0.2) is 15.7 Å². The molecule has 5 heteroatoms. The molecule has 1 heterocycles. The lowest BCUT2D eigenvalue weighted by Gasteiger charge is -2.06. The first kappa shape index (κ1) is 9.73. The number of nitrogens with two attached hydrogens (primary N) is 1. The number of carbonyl (C=O) groups excluding carboxylic acids is 1. The number of nitrogens with zero attached hydrogens (tertiary/aromatic N) is 2. The van der Waals surface area contributed by atoms with Crippen LogP contribution in [0.2, 0.25) is 0 Å². The Morgan fingerprint density at radius 1 is 1.69 bits per heavy atom. The molecule has 1 amide bonds. The lowest BCUT2D eigenvalue weighted by molar-refractivity contribution is 0.0947. The van der Waals surface area contributed by atoms with Crippen LogP contribution in [0.1, 0.15) is 36.1 Å². The van der Waals surface area contributed by atoms with Crippen LogP contribution in [0, 0.1) is 6.92 Å². The smallest absolute Gasteiger partial charge is 0.285 e. The molecule has 72 valence electrons. The Bertz CT molecular complexity index is 316. The van der Waals surface area contributed by atoms with E-state index < -0.39 is 0 Å². The Kier molecular flexibility index (Phi) is 2.67. The quantitative estimate of drug-likeness (QED) is 0.394. The van der Waals surface area contributed by atoms with Crippen LogP contribution in [0.15, 0.2) is 6.07 Å². The maximum Gasteiger partial charge on any atom is 0.285 e. The minimum atomic E-state index is -0.359. The van der Waals surface area contributed by atoms with Crippen molar-refractivity contribution in [3.63, 3.8) is 0 Å². The fraction of sp³-hybridized carbons (Fsp3) is 0.500. The normalized spacial score (nSPS) is 10.5. The second kappa shape index (κ2) is 3.57. The number of hydrogen-bond acceptors (Lipinski definition) is 3. The van der Waals surface area contributed by atoms with Crippen molar-refractivity contribution in [2.24, 2.45) is 5.84 Å². The predicted molar refractivity (Wildman–Crippen MR) is 49.0 cm³/mol. The van der Waals surface area contributed by atoms with E-state index in [1.807, 2.05) is 26.2 Å². The highest BCUT2D eigenvalue weighted by molar-refractivity contribution is 5.91. The Labute approximate surface area is 76.9 Å². The molecule has 1 rings (SSSR count). The zero-order chi connectivity index (χ0) is 10.0. The van der Waals surface area contributed by atoms with Crippen LogP contribution in [0.3, 0.4) is 0 Å². The first-order chi connectivity index (χ1) is 6.06. The van der Waals surface area contributed by atoms with Crippen molar-refractivity contribution in [1.82, 2.24) is 15.2 Å². The fourth-order valence-electron chi connectivity index (χ4n) is 1.20. The van der Waals surface area contributed by atoms with Gasteiger partial charge in [0.2, 0.25) is 0 Å². The molecular weight excluding hydrogens is 168 g/mol. The number of rotatable bonds is 2. The number of carbonyl (C=O) groups is 1. The molecule has 3 N–H and O–H groups in total. The van der Waals surface area contributed by atoms with Crippen LogP contribution in [-0.2, 0) is 0 Å². The van der Waals surface area contributed by atoms with E-state index in [0.717, 1.165) is 5.69 Å². The van der Waals surface area contributed by atoms with E-state index in [-0.39, 0.29) is 11.9 Å². The molecule has 1 aromatic rings. The predicted octanol–water partition coefficient (Wildman–Crippen LogP) is 0.376. The van der Waals surface area contributed by atoms with Crippen molar-refractivity contribution < 1.29 is 4.79 Å². The van der Waals surface area contributed by atoms with Crippen molar-refractivity contribution in [2.75, 3.05) is 0 Å². The lowest BCUT2D eigenvalue weighted by atomic mass is 10.3. The Morgan fingerprint density at radius 3 is 2.69 bits per heavy atom. The standard InChI is InChI=1S/C8H14N4O/c1-5(2)12-6(3)4-7(11-12)8(13)10-9/h4-5H,9H2,1-3H3,(H,10,13). The maximum atomic E-state index is 11.1. The SMILES string of the molecule is Cc1cc(C(=O)NN)nn1C(C)C. The van der Waals surface area contributed by atoms with Crippen LogP contribution in [0.4, 0.5) is 0 Å².